The third kappa shape index (κ3) is 4.79. The highest BCUT2D eigenvalue weighted by Gasteiger charge is 2.27. The van der Waals surface area contributed by atoms with Gasteiger partial charge in [-0.1, -0.05) is 29.0 Å². The number of hydrogen-bond donors (Lipinski definition) is 1. The van der Waals surface area contributed by atoms with E-state index in [4.69, 9.17) is 16.3 Å². The number of aromatic nitrogens is 1. The van der Waals surface area contributed by atoms with Crippen LogP contribution in [0, 0.1) is 0 Å². The third-order valence-corrected chi connectivity index (χ3v) is 8.13. The van der Waals surface area contributed by atoms with Crippen molar-refractivity contribution < 1.29 is 17.9 Å². The van der Waals surface area contributed by atoms with Gasteiger partial charge in [0, 0.05) is 17.8 Å². The highest BCUT2D eigenvalue weighted by atomic mass is 35.5. The molecule has 1 amide bonds. The first kappa shape index (κ1) is 23.8. The SMILES string of the molecule is COc1ccc(S(=O)(=O)N(CC(=O)Nc2ccc3c(c2)sc(=O)n3C)c2cccc(Cl)c2)cc1. The van der Waals surface area contributed by atoms with Crippen molar-refractivity contribution in [1.82, 2.24) is 4.57 Å². The number of carbonyl (C=O) groups excluding carboxylic acids is 1. The summed E-state index contributed by atoms with van der Waals surface area (Å²) < 4.78 is 35.3. The molecule has 0 spiro atoms. The van der Waals surface area contributed by atoms with Crippen molar-refractivity contribution >= 4 is 60.5 Å². The summed E-state index contributed by atoms with van der Waals surface area (Å²) in [5, 5.41) is 3.05. The molecule has 0 saturated carbocycles. The Kier molecular flexibility index (Phi) is 6.65. The van der Waals surface area contributed by atoms with E-state index in [0.717, 1.165) is 21.2 Å². The number of sulfonamides is 1. The topological polar surface area (TPSA) is 97.7 Å². The number of benzene rings is 3. The lowest BCUT2D eigenvalue weighted by Gasteiger charge is -2.24. The second-order valence-corrected chi connectivity index (χ2v) is 10.6. The number of thiazole rings is 1. The van der Waals surface area contributed by atoms with Gasteiger partial charge in [0.1, 0.15) is 12.3 Å². The van der Waals surface area contributed by atoms with Gasteiger partial charge in [-0.3, -0.25) is 13.9 Å². The highest BCUT2D eigenvalue weighted by molar-refractivity contribution is 7.92. The summed E-state index contributed by atoms with van der Waals surface area (Å²) in [6.07, 6.45) is 0. The van der Waals surface area contributed by atoms with E-state index in [1.165, 1.54) is 42.0 Å². The first-order chi connectivity index (χ1) is 16.2. The Labute approximate surface area is 205 Å². The van der Waals surface area contributed by atoms with Gasteiger partial charge < -0.3 is 14.6 Å². The van der Waals surface area contributed by atoms with Crippen LogP contribution in [0.1, 0.15) is 0 Å². The number of nitrogens with zero attached hydrogens (tertiary/aromatic N) is 2. The quantitative estimate of drug-likeness (QED) is 0.398. The van der Waals surface area contributed by atoms with Crippen LogP contribution in [0.15, 0.2) is 76.4 Å². The molecule has 0 radical (unpaired) electrons. The molecule has 4 aromatic rings. The fourth-order valence-electron chi connectivity index (χ4n) is 3.36. The van der Waals surface area contributed by atoms with E-state index >= 15 is 0 Å². The summed E-state index contributed by atoms with van der Waals surface area (Å²) in [4.78, 5) is 24.7. The fourth-order valence-corrected chi connectivity index (χ4v) is 5.88. The molecule has 4 rings (SSSR count). The molecule has 0 fully saturated rings. The second kappa shape index (κ2) is 9.49. The summed E-state index contributed by atoms with van der Waals surface area (Å²) in [7, 11) is -0.948. The van der Waals surface area contributed by atoms with Crippen molar-refractivity contribution in [3.05, 3.63) is 81.4 Å². The summed E-state index contributed by atoms with van der Waals surface area (Å²) in [6, 6.07) is 17.2. The molecular formula is C23H20ClN3O5S2. The maximum absolute atomic E-state index is 13.5. The molecule has 3 aromatic carbocycles. The van der Waals surface area contributed by atoms with Gasteiger partial charge in [0.05, 0.1) is 27.9 Å². The van der Waals surface area contributed by atoms with E-state index in [9.17, 15) is 18.0 Å². The van der Waals surface area contributed by atoms with Crippen LogP contribution in [0.25, 0.3) is 10.2 Å². The van der Waals surface area contributed by atoms with Crippen molar-refractivity contribution in [1.29, 1.82) is 0 Å². The van der Waals surface area contributed by atoms with E-state index < -0.39 is 22.5 Å². The van der Waals surface area contributed by atoms with Crippen molar-refractivity contribution in [2.45, 2.75) is 4.90 Å². The van der Waals surface area contributed by atoms with Crippen LogP contribution < -0.4 is 19.2 Å². The number of hydrogen-bond acceptors (Lipinski definition) is 6. The van der Waals surface area contributed by atoms with Crippen LogP contribution in [-0.4, -0.2) is 32.5 Å². The maximum atomic E-state index is 13.5. The van der Waals surface area contributed by atoms with Crippen LogP contribution in [0.5, 0.6) is 5.75 Å². The van der Waals surface area contributed by atoms with Crippen LogP contribution in [0.4, 0.5) is 11.4 Å². The predicted molar refractivity (Wildman–Crippen MR) is 135 cm³/mol. The molecule has 176 valence electrons. The molecule has 0 bridgehead atoms. The van der Waals surface area contributed by atoms with Crippen LogP contribution in [0.2, 0.25) is 5.02 Å². The lowest BCUT2D eigenvalue weighted by Crippen LogP contribution is -2.38. The summed E-state index contributed by atoms with van der Waals surface area (Å²) in [6.45, 7) is -0.488. The average molecular weight is 518 g/mol. The molecule has 34 heavy (non-hydrogen) atoms. The molecule has 0 aliphatic rings. The zero-order valence-electron chi connectivity index (χ0n) is 18.2. The summed E-state index contributed by atoms with van der Waals surface area (Å²) >= 11 is 7.16. The first-order valence-electron chi connectivity index (χ1n) is 10.0. The molecule has 0 atom stereocenters. The van der Waals surface area contributed by atoms with Crippen LogP contribution in [-0.2, 0) is 21.9 Å². The highest BCUT2D eigenvalue weighted by Crippen LogP contribution is 2.27. The largest absolute Gasteiger partial charge is 0.497 e. The van der Waals surface area contributed by atoms with Gasteiger partial charge in [0.15, 0.2) is 0 Å². The summed E-state index contributed by atoms with van der Waals surface area (Å²) in [5.41, 5.74) is 1.44. The Morgan fingerprint density at radius 2 is 1.85 bits per heavy atom. The number of anilines is 2. The van der Waals surface area contributed by atoms with Crippen molar-refractivity contribution in [2.24, 2.45) is 7.05 Å². The zero-order chi connectivity index (χ0) is 24.5. The van der Waals surface area contributed by atoms with E-state index in [1.807, 2.05) is 0 Å². The minimum atomic E-state index is -4.10. The van der Waals surface area contributed by atoms with Gasteiger partial charge in [0.25, 0.3) is 10.0 Å². The Bertz CT molecular complexity index is 1530. The van der Waals surface area contributed by atoms with E-state index in [1.54, 1.807) is 43.4 Å². The van der Waals surface area contributed by atoms with E-state index in [-0.39, 0.29) is 15.5 Å². The lowest BCUT2D eigenvalue weighted by molar-refractivity contribution is -0.114. The van der Waals surface area contributed by atoms with Gasteiger partial charge in [-0.15, -0.1) is 0 Å². The molecule has 0 unspecified atom stereocenters. The Hall–Kier alpha value is -3.34. The predicted octanol–water partition coefficient (Wildman–Crippen LogP) is 4.10. The van der Waals surface area contributed by atoms with E-state index in [2.05, 4.69) is 5.32 Å². The molecule has 0 aliphatic carbocycles. The Morgan fingerprint density at radius 3 is 2.53 bits per heavy atom. The van der Waals surface area contributed by atoms with Gasteiger partial charge in [-0.05, 0) is 60.7 Å². The van der Waals surface area contributed by atoms with Crippen molar-refractivity contribution in [3.63, 3.8) is 0 Å². The smallest absolute Gasteiger partial charge is 0.307 e. The maximum Gasteiger partial charge on any atom is 0.307 e. The van der Waals surface area contributed by atoms with E-state index in [0.29, 0.717) is 21.2 Å². The molecule has 1 aromatic heterocycles. The molecule has 1 heterocycles. The van der Waals surface area contributed by atoms with Crippen molar-refractivity contribution in [3.8, 4) is 5.75 Å². The number of rotatable bonds is 7. The van der Waals surface area contributed by atoms with Crippen LogP contribution in [0.3, 0.4) is 0 Å². The van der Waals surface area contributed by atoms with Gasteiger partial charge >= 0.3 is 4.87 Å². The number of fused-ring (bicyclic) bond motifs is 1. The molecule has 11 heteroatoms. The van der Waals surface area contributed by atoms with Gasteiger partial charge in [-0.25, -0.2) is 8.42 Å². The number of ether oxygens (including phenoxy) is 1. The average Bonchev–Trinajstić information content (AvgIpc) is 3.10. The standard InChI is InChI=1S/C23H20ClN3O5S2/c1-26-20-11-6-16(13-21(20)33-23(26)29)25-22(28)14-27(17-5-3-4-15(24)12-17)34(30,31)19-9-7-18(32-2)8-10-19/h3-13H,14H2,1-2H3,(H,25,28). The minimum Gasteiger partial charge on any atom is -0.497 e. The van der Waals surface area contributed by atoms with Crippen LogP contribution >= 0.6 is 22.9 Å². The molecule has 0 aliphatic heterocycles. The Morgan fingerprint density at radius 1 is 1.12 bits per heavy atom. The summed E-state index contributed by atoms with van der Waals surface area (Å²) in [5.74, 6) is -0.0516. The first-order valence-corrected chi connectivity index (χ1v) is 12.6. The normalized spacial score (nSPS) is 11.4. The second-order valence-electron chi connectivity index (χ2n) is 7.32. The number of carbonyl (C=O) groups is 1. The number of amides is 1. The molecule has 0 saturated heterocycles. The van der Waals surface area contributed by atoms with Gasteiger partial charge in [0.2, 0.25) is 5.91 Å². The number of nitrogens with one attached hydrogen (secondary N) is 1. The third-order valence-electron chi connectivity index (χ3n) is 5.11. The number of halogens is 1. The number of aryl methyl sites for hydroxylation is 1. The lowest BCUT2D eigenvalue weighted by atomic mass is 10.3. The minimum absolute atomic E-state index is 0.00319. The fraction of sp³-hybridized carbons (Fsp3) is 0.130. The number of methoxy groups -OCH3 is 1. The molecule has 1 N–H and O–H groups in total. The molecular weight excluding hydrogens is 498 g/mol. The zero-order valence-corrected chi connectivity index (χ0v) is 20.6. The monoisotopic (exact) mass is 517 g/mol. The Balaban J connectivity index is 1.65. The molecule has 8 nitrogen and oxygen atoms in total. The van der Waals surface area contributed by atoms with Crippen molar-refractivity contribution in [2.75, 3.05) is 23.3 Å². The van der Waals surface area contributed by atoms with Gasteiger partial charge in [-0.2, -0.15) is 0 Å².